The lowest BCUT2D eigenvalue weighted by Gasteiger charge is -2.28. The predicted molar refractivity (Wildman–Crippen MR) is 104 cm³/mol. The van der Waals surface area contributed by atoms with Gasteiger partial charge in [0.15, 0.2) is 11.6 Å². The lowest BCUT2D eigenvalue weighted by molar-refractivity contribution is -0.137. The Morgan fingerprint density at radius 3 is 2.14 bits per heavy atom. The summed E-state index contributed by atoms with van der Waals surface area (Å²) in [6.07, 6.45) is -2.04. The van der Waals surface area contributed by atoms with Crippen LogP contribution in [0.3, 0.4) is 0 Å². The Morgan fingerprint density at radius 2 is 1.71 bits per heavy atom. The number of hydrogen-bond donors (Lipinski definition) is 2. The highest BCUT2D eigenvalue weighted by Crippen LogP contribution is 2.30. The number of benzene rings is 1. The first kappa shape index (κ1) is 23.6. The van der Waals surface area contributed by atoms with Gasteiger partial charge in [0, 0.05) is 19.6 Å². The molecule has 2 rings (SSSR count). The molecule has 0 spiro atoms. The van der Waals surface area contributed by atoms with Crippen molar-refractivity contribution in [2.75, 3.05) is 23.8 Å². The van der Waals surface area contributed by atoms with E-state index in [1.807, 2.05) is 13.8 Å². The van der Waals surface area contributed by atoms with Crippen molar-refractivity contribution in [2.24, 2.45) is 5.73 Å². The van der Waals surface area contributed by atoms with E-state index in [1.165, 1.54) is 18.5 Å². The summed E-state index contributed by atoms with van der Waals surface area (Å²) in [7, 11) is 1.55. The third-order valence-electron chi connectivity index (χ3n) is 3.83. The minimum atomic E-state index is -4.38. The summed E-state index contributed by atoms with van der Waals surface area (Å²) in [5.41, 5.74) is 4.94. The van der Waals surface area contributed by atoms with Gasteiger partial charge in [-0.15, -0.1) is 0 Å². The second-order valence-electron chi connectivity index (χ2n) is 6.31. The molecular formula is C19H27F4N5. The van der Waals surface area contributed by atoms with Gasteiger partial charge < -0.3 is 16.0 Å². The van der Waals surface area contributed by atoms with Crippen LogP contribution in [0.4, 0.5) is 29.2 Å². The number of rotatable bonds is 6. The molecule has 0 aliphatic heterocycles. The molecule has 5 nitrogen and oxygen atoms in total. The van der Waals surface area contributed by atoms with E-state index in [4.69, 9.17) is 5.73 Å². The fourth-order valence-electron chi connectivity index (χ4n) is 2.23. The van der Waals surface area contributed by atoms with Crippen LogP contribution in [-0.2, 0) is 12.7 Å². The van der Waals surface area contributed by atoms with Crippen LogP contribution in [0.2, 0.25) is 0 Å². The molecule has 0 fully saturated rings. The van der Waals surface area contributed by atoms with Crippen LogP contribution in [0.5, 0.6) is 0 Å². The van der Waals surface area contributed by atoms with E-state index >= 15 is 0 Å². The Labute approximate surface area is 163 Å². The summed E-state index contributed by atoms with van der Waals surface area (Å²) in [5, 5.41) is 2.64. The molecule has 0 radical (unpaired) electrons. The van der Waals surface area contributed by atoms with Crippen molar-refractivity contribution in [3.05, 3.63) is 47.5 Å². The van der Waals surface area contributed by atoms with E-state index in [0.717, 1.165) is 25.1 Å². The molecule has 1 aromatic carbocycles. The van der Waals surface area contributed by atoms with Gasteiger partial charge in [0.25, 0.3) is 0 Å². The number of nitrogens with one attached hydrogen (secondary N) is 1. The van der Waals surface area contributed by atoms with Gasteiger partial charge in [0.1, 0.15) is 6.33 Å². The van der Waals surface area contributed by atoms with Gasteiger partial charge in [-0.25, -0.2) is 9.97 Å². The van der Waals surface area contributed by atoms with Crippen LogP contribution in [0, 0.1) is 5.82 Å². The third-order valence-corrected chi connectivity index (χ3v) is 3.83. The van der Waals surface area contributed by atoms with Gasteiger partial charge in [-0.1, -0.05) is 19.1 Å². The standard InChI is InChI=1S/C16H18F4N4.C3H9N/c1-10(2)24(15-13(17)14(21-3)22-9-23-15)8-11-4-6-12(7-5-11)16(18,19)20;1-2-3-4/h4-7,9-10H,8H2,1-3H3,(H,21,22,23);2-4H2,1H3. The van der Waals surface area contributed by atoms with Crippen LogP contribution in [0.1, 0.15) is 38.3 Å². The molecule has 0 amide bonds. The van der Waals surface area contributed by atoms with Gasteiger partial charge in [-0.2, -0.15) is 17.6 Å². The predicted octanol–water partition coefficient (Wildman–Crippen LogP) is 4.45. The number of anilines is 2. The van der Waals surface area contributed by atoms with E-state index < -0.39 is 17.6 Å². The monoisotopic (exact) mass is 401 g/mol. The Kier molecular flexibility index (Phi) is 9.11. The maximum Gasteiger partial charge on any atom is 0.416 e. The number of aromatic nitrogens is 2. The van der Waals surface area contributed by atoms with Crippen LogP contribution in [0.15, 0.2) is 30.6 Å². The topological polar surface area (TPSA) is 67.1 Å². The van der Waals surface area contributed by atoms with Crippen LogP contribution in [0.25, 0.3) is 0 Å². The molecule has 1 aromatic heterocycles. The average Bonchev–Trinajstić information content (AvgIpc) is 2.66. The first-order valence-corrected chi connectivity index (χ1v) is 8.96. The highest BCUT2D eigenvalue weighted by atomic mass is 19.4. The summed E-state index contributed by atoms with van der Waals surface area (Å²) in [6.45, 7) is 6.81. The number of alkyl halides is 3. The van der Waals surface area contributed by atoms with E-state index in [0.29, 0.717) is 5.56 Å². The second kappa shape index (κ2) is 10.8. The molecule has 1 heterocycles. The fourth-order valence-corrected chi connectivity index (χ4v) is 2.23. The zero-order chi connectivity index (χ0) is 21.3. The van der Waals surface area contributed by atoms with Gasteiger partial charge in [0.05, 0.1) is 5.56 Å². The summed E-state index contributed by atoms with van der Waals surface area (Å²) in [6, 6.07) is 4.69. The average molecular weight is 401 g/mol. The molecule has 0 unspecified atom stereocenters. The maximum atomic E-state index is 14.4. The quantitative estimate of drug-likeness (QED) is 0.700. The Balaban J connectivity index is 0.000000892. The molecular weight excluding hydrogens is 374 g/mol. The highest BCUT2D eigenvalue weighted by Gasteiger charge is 2.30. The fraction of sp³-hybridized carbons (Fsp3) is 0.474. The molecule has 0 bridgehead atoms. The first-order chi connectivity index (χ1) is 13.1. The molecule has 0 atom stereocenters. The molecule has 28 heavy (non-hydrogen) atoms. The van der Waals surface area contributed by atoms with Gasteiger partial charge in [-0.05, 0) is 44.5 Å². The lowest BCUT2D eigenvalue weighted by atomic mass is 10.1. The smallest absolute Gasteiger partial charge is 0.371 e. The van der Waals surface area contributed by atoms with Crippen molar-refractivity contribution in [3.8, 4) is 0 Å². The Bertz CT molecular complexity index is 715. The molecule has 3 N–H and O–H groups in total. The summed E-state index contributed by atoms with van der Waals surface area (Å²) >= 11 is 0. The number of hydrogen-bond acceptors (Lipinski definition) is 5. The molecule has 9 heteroatoms. The van der Waals surface area contributed by atoms with E-state index in [9.17, 15) is 17.6 Å². The van der Waals surface area contributed by atoms with Crippen molar-refractivity contribution in [1.82, 2.24) is 9.97 Å². The van der Waals surface area contributed by atoms with E-state index in [-0.39, 0.29) is 24.2 Å². The van der Waals surface area contributed by atoms with E-state index in [1.54, 1.807) is 11.9 Å². The highest BCUT2D eigenvalue weighted by molar-refractivity contribution is 5.51. The Morgan fingerprint density at radius 1 is 1.14 bits per heavy atom. The summed E-state index contributed by atoms with van der Waals surface area (Å²) in [5.74, 6) is -0.428. The van der Waals surface area contributed by atoms with Crippen LogP contribution < -0.4 is 16.0 Å². The SMILES string of the molecule is CCCN.CNc1ncnc(N(Cc2ccc(C(F)(F)F)cc2)C(C)C)c1F. The molecule has 2 aromatic rings. The van der Waals surface area contributed by atoms with Gasteiger partial charge in [-0.3, -0.25) is 0 Å². The maximum absolute atomic E-state index is 14.4. The van der Waals surface area contributed by atoms with Gasteiger partial charge in [0.2, 0.25) is 5.82 Å². The summed E-state index contributed by atoms with van der Waals surface area (Å²) < 4.78 is 52.3. The largest absolute Gasteiger partial charge is 0.416 e. The van der Waals surface area contributed by atoms with Crippen molar-refractivity contribution in [2.45, 2.75) is 46.0 Å². The van der Waals surface area contributed by atoms with Crippen LogP contribution >= 0.6 is 0 Å². The zero-order valence-corrected chi connectivity index (χ0v) is 16.5. The minimum absolute atomic E-state index is 0.0677. The molecule has 0 aliphatic carbocycles. The Hall–Kier alpha value is -2.42. The number of nitrogens with two attached hydrogens (primary N) is 1. The third kappa shape index (κ3) is 6.63. The van der Waals surface area contributed by atoms with Crippen LogP contribution in [-0.4, -0.2) is 29.6 Å². The van der Waals surface area contributed by atoms with E-state index in [2.05, 4.69) is 22.2 Å². The van der Waals surface area contributed by atoms with Crippen molar-refractivity contribution < 1.29 is 17.6 Å². The minimum Gasteiger partial charge on any atom is -0.371 e. The molecule has 0 saturated carbocycles. The summed E-state index contributed by atoms with van der Waals surface area (Å²) in [4.78, 5) is 9.44. The second-order valence-corrected chi connectivity index (χ2v) is 6.31. The van der Waals surface area contributed by atoms with Crippen molar-refractivity contribution in [3.63, 3.8) is 0 Å². The van der Waals surface area contributed by atoms with Crippen molar-refractivity contribution >= 4 is 11.6 Å². The lowest BCUT2D eigenvalue weighted by Crippen LogP contribution is -2.32. The normalized spacial score (nSPS) is 11.1. The first-order valence-electron chi connectivity index (χ1n) is 8.96. The molecule has 0 aliphatic rings. The number of nitrogens with zero attached hydrogens (tertiary/aromatic N) is 3. The zero-order valence-electron chi connectivity index (χ0n) is 16.5. The van der Waals surface area contributed by atoms with Gasteiger partial charge >= 0.3 is 6.18 Å². The number of halogens is 4. The molecule has 156 valence electrons. The molecule has 0 saturated heterocycles. The van der Waals surface area contributed by atoms with Crippen molar-refractivity contribution in [1.29, 1.82) is 0 Å².